The molecular weight excluding hydrogens is 252 g/mol. The summed E-state index contributed by atoms with van der Waals surface area (Å²) in [5.41, 5.74) is 5.30. The number of hydrogen-bond acceptors (Lipinski definition) is 3. The second-order valence-electron chi connectivity index (χ2n) is 5.39. The first-order valence-electron chi connectivity index (χ1n) is 6.88. The van der Waals surface area contributed by atoms with E-state index in [0.717, 1.165) is 29.2 Å². The topological polar surface area (TPSA) is 52.7 Å². The third-order valence-corrected chi connectivity index (χ3v) is 3.79. The molecule has 0 aromatic carbocycles. The summed E-state index contributed by atoms with van der Waals surface area (Å²) >= 11 is 0. The van der Waals surface area contributed by atoms with Gasteiger partial charge in [-0.3, -0.25) is 14.2 Å². The van der Waals surface area contributed by atoms with E-state index in [-0.39, 0.29) is 5.78 Å². The molecule has 0 aliphatic rings. The number of aryl methyl sites for hydroxylation is 4. The average molecular weight is 274 g/mol. The molecule has 0 N–H and O–H groups in total. The smallest absolute Gasteiger partial charge is 0.139 e. The molecule has 0 bridgehead atoms. The second-order valence-corrected chi connectivity index (χ2v) is 5.39. The fourth-order valence-electron chi connectivity index (χ4n) is 2.56. The summed E-state index contributed by atoms with van der Waals surface area (Å²) in [6.45, 7) is 5.98. The summed E-state index contributed by atoms with van der Waals surface area (Å²) in [6.07, 6.45) is 1.77. The number of rotatable bonds is 5. The van der Waals surface area contributed by atoms with Gasteiger partial charge in [0.2, 0.25) is 0 Å². The van der Waals surface area contributed by atoms with E-state index in [0.29, 0.717) is 12.8 Å². The van der Waals surface area contributed by atoms with Crippen molar-refractivity contribution in [2.45, 2.75) is 40.0 Å². The van der Waals surface area contributed by atoms with Crippen LogP contribution in [-0.2, 0) is 31.7 Å². The molecule has 20 heavy (non-hydrogen) atoms. The van der Waals surface area contributed by atoms with E-state index in [1.807, 2.05) is 45.6 Å². The van der Waals surface area contributed by atoms with Crippen molar-refractivity contribution in [1.29, 1.82) is 0 Å². The number of ketones is 1. The van der Waals surface area contributed by atoms with Crippen molar-refractivity contribution in [2.24, 2.45) is 14.1 Å². The van der Waals surface area contributed by atoms with Crippen LogP contribution in [0.2, 0.25) is 0 Å². The van der Waals surface area contributed by atoms with Gasteiger partial charge in [-0.2, -0.15) is 10.2 Å². The molecule has 108 valence electrons. The predicted octanol–water partition coefficient (Wildman–Crippen LogP) is 1.82. The van der Waals surface area contributed by atoms with Crippen molar-refractivity contribution in [3.63, 3.8) is 0 Å². The number of Topliss-reactive ketones (excluding diaryl/α,β-unsaturated/α-hetero) is 1. The van der Waals surface area contributed by atoms with Crippen molar-refractivity contribution in [3.05, 3.63) is 34.4 Å². The largest absolute Gasteiger partial charge is 0.299 e. The number of carbonyl (C=O) groups is 1. The maximum atomic E-state index is 12.1. The van der Waals surface area contributed by atoms with Gasteiger partial charge in [0.05, 0.1) is 11.4 Å². The van der Waals surface area contributed by atoms with Gasteiger partial charge in [0.25, 0.3) is 0 Å². The summed E-state index contributed by atoms with van der Waals surface area (Å²) in [5, 5.41) is 8.65. The zero-order valence-electron chi connectivity index (χ0n) is 12.9. The molecule has 2 rings (SSSR count). The van der Waals surface area contributed by atoms with E-state index in [2.05, 4.69) is 10.2 Å². The van der Waals surface area contributed by atoms with Crippen LogP contribution < -0.4 is 0 Å². The van der Waals surface area contributed by atoms with Crippen molar-refractivity contribution in [3.8, 4) is 0 Å². The Hall–Kier alpha value is -1.91. The standard InChI is InChI=1S/C15H22N4O/c1-10-8-13(19(5)16-10)9-14(20)6-7-15-11(2)17-18(4)12(15)3/h8H,6-7,9H2,1-5H3. The lowest BCUT2D eigenvalue weighted by Crippen LogP contribution is -2.09. The number of hydrogen-bond donors (Lipinski definition) is 0. The van der Waals surface area contributed by atoms with Crippen LogP contribution in [0.1, 0.15) is 34.8 Å². The monoisotopic (exact) mass is 274 g/mol. The predicted molar refractivity (Wildman–Crippen MR) is 77.7 cm³/mol. The van der Waals surface area contributed by atoms with Crippen molar-refractivity contribution in [2.75, 3.05) is 0 Å². The van der Waals surface area contributed by atoms with Gasteiger partial charge in [-0.25, -0.2) is 0 Å². The molecule has 0 saturated heterocycles. The molecule has 0 radical (unpaired) electrons. The molecule has 0 saturated carbocycles. The van der Waals surface area contributed by atoms with Gasteiger partial charge in [-0.1, -0.05) is 0 Å². The lowest BCUT2D eigenvalue weighted by Gasteiger charge is -2.03. The van der Waals surface area contributed by atoms with Gasteiger partial charge < -0.3 is 0 Å². The van der Waals surface area contributed by atoms with Gasteiger partial charge in [0.1, 0.15) is 5.78 Å². The Kier molecular flexibility index (Phi) is 4.06. The Bertz CT molecular complexity index is 637. The molecule has 0 fully saturated rings. The average Bonchev–Trinajstić information content (AvgIpc) is 2.78. The molecule has 5 nitrogen and oxygen atoms in total. The Labute approximate surface area is 119 Å². The first-order chi connectivity index (χ1) is 9.38. The Balaban J connectivity index is 1.97. The third kappa shape index (κ3) is 2.98. The van der Waals surface area contributed by atoms with Crippen LogP contribution in [0.15, 0.2) is 6.07 Å². The fourth-order valence-corrected chi connectivity index (χ4v) is 2.56. The number of aromatic nitrogens is 4. The number of nitrogens with zero attached hydrogens (tertiary/aromatic N) is 4. The third-order valence-electron chi connectivity index (χ3n) is 3.79. The maximum Gasteiger partial charge on any atom is 0.139 e. The zero-order chi connectivity index (χ0) is 14.9. The summed E-state index contributed by atoms with van der Waals surface area (Å²) in [5.74, 6) is 0.246. The highest BCUT2D eigenvalue weighted by Crippen LogP contribution is 2.15. The highest BCUT2D eigenvalue weighted by atomic mass is 16.1. The summed E-state index contributed by atoms with van der Waals surface area (Å²) in [7, 11) is 3.82. The highest BCUT2D eigenvalue weighted by molar-refractivity contribution is 5.80. The van der Waals surface area contributed by atoms with Gasteiger partial charge in [-0.15, -0.1) is 0 Å². The zero-order valence-corrected chi connectivity index (χ0v) is 12.9. The van der Waals surface area contributed by atoms with Crippen molar-refractivity contribution < 1.29 is 4.79 Å². The Morgan fingerprint density at radius 2 is 1.85 bits per heavy atom. The molecule has 0 atom stereocenters. The SMILES string of the molecule is Cc1cc(CC(=O)CCc2c(C)nn(C)c2C)n(C)n1. The van der Waals surface area contributed by atoms with Crippen LogP contribution >= 0.6 is 0 Å². The van der Waals surface area contributed by atoms with Crippen LogP contribution in [0.5, 0.6) is 0 Å². The fraction of sp³-hybridized carbons (Fsp3) is 0.533. The molecule has 5 heteroatoms. The van der Waals surface area contributed by atoms with Crippen LogP contribution in [0.4, 0.5) is 0 Å². The lowest BCUT2D eigenvalue weighted by atomic mass is 10.0. The molecular formula is C15H22N4O. The van der Waals surface area contributed by atoms with Crippen molar-refractivity contribution >= 4 is 5.78 Å². The van der Waals surface area contributed by atoms with Crippen LogP contribution in [0, 0.1) is 20.8 Å². The molecule has 2 aromatic rings. The summed E-state index contributed by atoms with van der Waals surface area (Å²) < 4.78 is 3.66. The lowest BCUT2D eigenvalue weighted by molar-refractivity contribution is -0.118. The Morgan fingerprint density at radius 1 is 1.15 bits per heavy atom. The second kappa shape index (κ2) is 5.61. The van der Waals surface area contributed by atoms with Crippen LogP contribution in [-0.4, -0.2) is 25.3 Å². The van der Waals surface area contributed by atoms with Crippen LogP contribution in [0.25, 0.3) is 0 Å². The maximum absolute atomic E-state index is 12.1. The number of carbonyl (C=O) groups excluding carboxylic acids is 1. The van der Waals surface area contributed by atoms with Gasteiger partial charge in [-0.05, 0) is 38.8 Å². The molecule has 2 heterocycles. The normalized spacial score (nSPS) is 11.1. The molecule has 0 amide bonds. The first kappa shape index (κ1) is 14.5. The Morgan fingerprint density at radius 3 is 2.35 bits per heavy atom. The minimum Gasteiger partial charge on any atom is -0.299 e. The molecule has 0 spiro atoms. The summed E-state index contributed by atoms with van der Waals surface area (Å²) in [4.78, 5) is 12.1. The van der Waals surface area contributed by atoms with Crippen LogP contribution in [0.3, 0.4) is 0 Å². The molecule has 2 aromatic heterocycles. The van der Waals surface area contributed by atoms with E-state index in [1.54, 1.807) is 4.68 Å². The molecule has 0 unspecified atom stereocenters. The minimum atomic E-state index is 0.246. The van der Waals surface area contributed by atoms with E-state index in [1.165, 1.54) is 5.56 Å². The van der Waals surface area contributed by atoms with E-state index < -0.39 is 0 Å². The highest BCUT2D eigenvalue weighted by Gasteiger charge is 2.13. The minimum absolute atomic E-state index is 0.246. The first-order valence-corrected chi connectivity index (χ1v) is 6.88. The van der Waals surface area contributed by atoms with Gasteiger partial charge in [0, 0.05) is 38.3 Å². The van der Waals surface area contributed by atoms with Gasteiger partial charge in [0.15, 0.2) is 0 Å². The molecule has 0 aliphatic heterocycles. The van der Waals surface area contributed by atoms with E-state index in [9.17, 15) is 4.79 Å². The molecule has 0 aliphatic carbocycles. The summed E-state index contributed by atoms with van der Waals surface area (Å²) in [6, 6.07) is 1.97. The quantitative estimate of drug-likeness (QED) is 0.835. The van der Waals surface area contributed by atoms with E-state index >= 15 is 0 Å². The van der Waals surface area contributed by atoms with E-state index in [4.69, 9.17) is 0 Å². The van der Waals surface area contributed by atoms with Crippen molar-refractivity contribution in [1.82, 2.24) is 19.6 Å². The van der Waals surface area contributed by atoms with Gasteiger partial charge >= 0.3 is 0 Å².